The quantitative estimate of drug-likeness (QED) is 0.691. The van der Waals surface area contributed by atoms with Crippen LogP contribution in [0.2, 0.25) is 0 Å². The van der Waals surface area contributed by atoms with Gasteiger partial charge in [-0.1, -0.05) is 0 Å². The molecule has 0 aliphatic rings. The second-order valence-electron chi connectivity index (χ2n) is 2.58. The lowest BCUT2D eigenvalue weighted by Gasteiger charge is -2.02. The minimum Gasteiger partial charge on any atom is -0.446 e. The molecule has 1 atom stereocenters. The van der Waals surface area contributed by atoms with E-state index in [0.29, 0.717) is 5.88 Å². The highest BCUT2D eigenvalue weighted by Gasteiger charge is 2.09. The van der Waals surface area contributed by atoms with E-state index < -0.39 is 12.0 Å². The van der Waals surface area contributed by atoms with Crippen molar-refractivity contribution in [3.63, 3.8) is 0 Å². The van der Waals surface area contributed by atoms with E-state index in [-0.39, 0.29) is 0 Å². The van der Waals surface area contributed by atoms with Gasteiger partial charge < -0.3 is 9.52 Å². The molecule has 0 radical (unpaired) electrons. The Morgan fingerprint density at radius 2 is 2.33 bits per heavy atom. The first-order valence-electron chi connectivity index (χ1n) is 3.65. The highest BCUT2D eigenvalue weighted by Crippen LogP contribution is 2.11. The zero-order chi connectivity index (χ0) is 9.14. The Morgan fingerprint density at radius 3 is 2.75 bits per heavy atom. The van der Waals surface area contributed by atoms with Crippen molar-refractivity contribution in [3.05, 3.63) is 17.9 Å². The van der Waals surface area contributed by atoms with Crippen LogP contribution in [-0.4, -0.2) is 17.1 Å². The number of anilines is 1. The molecular weight excluding hydrogens is 158 g/mol. The summed E-state index contributed by atoms with van der Waals surface area (Å²) in [6.45, 7) is 3.17. The second kappa shape index (κ2) is 3.40. The van der Waals surface area contributed by atoms with Crippen LogP contribution in [0.3, 0.4) is 0 Å². The Morgan fingerprint density at radius 1 is 1.67 bits per heavy atom. The molecule has 0 saturated carbocycles. The van der Waals surface area contributed by atoms with Crippen LogP contribution >= 0.6 is 0 Å². The predicted molar refractivity (Wildman–Crippen MR) is 43.8 cm³/mol. The van der Waals surface area contributed by atoms with Crippen LogP contribution in [0.25, 0.3) is 0 Å². The van der Waals surface area contributed by atoms with E-state index >= 15 is 0 Å². The lowest BCUT2D eigenvalue weighted by molar-refractivity contribution is -0.123. The highest BCUT2D eigenvalue weighted by molar-refractivity contribution is 5.92. The van der Waals surface area contributed by atoms with Gasteiger partial charge in [0.1, 0.15) is 11.9 Å². The van der Waals surface area contributed by atoms with E-state index in [4.69, 9.17) is 9.52 Å². The molecule has 0 aliphatic heterocycles. The maximum atomic E-state index is 10.9. The zero-order valence-corrected chi connectivity index (χ0v) is 7.00. The Balaban J connectivity index is 2.58. The summed E-state index contributed by atoms with van der Waals surface area (Å²) < 4.78 is 5.06. The number of aliphatic hydroxyl groups is 1. The minimum absolute atomic E-state index is 0.360. The van der Waals surface area contributed by atoms with Gasteiger partial charge in [-0.2, -0.15) is 0 Å². The standard InChI is InChI=1S/C8H11NO3/c1-5-3-4-7(12-5)9-8(11)6(2)10/h3-4,6,10H,1-2H3,(H,9,11). The Labute approximate surface area is 70.2 Å². The average Bonchev–Trinajstić information content (AvgIpc) is 2.35. The van der Waals surface area contributed by atoms with Crippen LogP contribution in [0.1, 0.15) is 12.7 Å². The average molecular weight is 169 g/mol. The van der Waals surface area contributed by atoms with Crippen molar-refractivity contribution in [1.82, 2.24) is 0 Å². The summed E-state index contributed by atoms with van der Waals surface area (Å²) in [6, 6.07) is 3.37. The van der Waals surface area contributed by atoms with E-state index in [0.717, 1.165) is 5.76 Å². The molecule has 0 aliphatic carbocycles. The summed E-state index contributed by atoms with van der Waals surface area (Å²) in [7, 11) is 0. The molecule has 1 rings (SSSR count). The number of hydrogen-bond donors (Lipinski definition) is 2. The number of rotatable bonds is 2. The van der Waals surface area contributed by atoms with Gasteiger partial charge in [-0.15, -0.1) is 0 Å². The highest BCUT2D eigenvalue weighted by atomic mass is 16.4. The summed E-state index contributed by atoms with van der Waals surface area (Å²) in [5.74, 6) is 0.610. The minimum atomic E-state index is -1.02. The van der Waals surface area contributed by atoms with Gasteiger partial charge in [0, 0.05) is 6.07 Å². The molecule has 0 bridgehead atoms. The number of aryl methyl sites for hydroxylation is 1. The first-order chi connectivity index (χ1) is 5.59. The normalized spacial score (nSPS) is 12.6. The molecule has 0 spiro atoms. The van der Waals surface area contributed by atoms with Crippen LogP contribution in [0, 0.1) is 6.92 Å². The summed E-state index contributed by atoms with van der Waals surface area (Å²) in [5.41, 5.74) is 0. The molecule has 1 aromatic heterocycles. The molecule has 1 unspecified atom stereocenters. The molecule has 4 nitrogen and oxygen atoms in total. The van der Waals surface area contributed by atoms with Crippen LogP contribution in [-0.2, 0) is 4.79 Å². The molecule has 66 valence electrons. The summed E-state index contributed by atoms with van der Waals surface area (Å²) in [4.78, 5) is 10.9. The molecule has 1 amide bonds. The molecule has 0 fully saturated rings. The lowest BCUT2D eigenvalue weighted by atomic mass is 10.4. The SMILES string of the molecule is Cc1ccc(NC(=O)C(C)O)o1. The second-order valence-corrected chi connectivity index (χ2v) is 2.58. The number of carbonyl (C=O) groups excluding carboxylic acids is 1. The van der Waals surface area contributed by atoms with Gasteiger partial charge in [-0.3, -0.25) is 10.1 Å². The van der Waals surface area contributed by atoms with Crippen LogP contribution in [0.5, 0.6) is 0 Å². The largest absolute Gasteiger partial charge is 0.446 e. The molecule has 2 N–H and O–H groups in total. The Hall–Kier alpha value is -1.29. The molecule has 4 heteroatoms. The van der Waals surface area contributed by atoms with E-state index in [1.165, 1.54) is 6.92 Å². The number of furan rings is 1. The molecule has 0 aromatic carbocycles. The fourth-order valence-electron chi connectivity index (χ4n) is 0.728. The van der Waals surface area contributed by atoms with E-state index in [1.807, 2.05) is 0 Å². The van der Waals surface area contributed by atoms with Gasteiger partial charge in [0.25, 0.3) is 5.91 Å². The van der Waals surface area contributed by atoms with E-state index in [1.54, 1.807) is 19.1 Å². The van der Waals surface area contributed by atoms with Gasteiger partial charge in [-0.05, 0) is 19.9 Å². The number of hydrogen-bond acceptors (Lipinski definition) is 3. The summed E-state index contributed by atoms with van der Waals surface area (Å²) >= 11 is 0. The van der Waals surface area contributed by atoms with Crippen LogP contribution in [0.15, 0.2) is 16.5 Å². The number of amides is 1. The lowest BCUT2D eigenvalue weighted by Crippen LogP contribution is -2.24. The third-order valence-electron chi connectivity index (χ3n) is 1.37. The monoisotopic (exact) mass is 169 g/mol. The summed E-state index contributed by atoms with van der Waals surface area (Å²) in [5, 5.41) is 11.2. The van der Waals surface area contributed by atoms with Crippen molar-refractivity contribution < 1.29 is 14.3 Å². The third kappa shape index (κ3) is 2.10. The van der Waals surface area contributed by atoms with Crippen molar-refractivity contribution in [3.8, 4) is 0 Å². The van der Waals surface area contributed by atoms with Crippen molar-refractivity contribution in [1.29, 1.82) is 0 Å². The maximum absolute atomic E-state index is 10.9. The van der Waals surface area contributed by atoms with E-state index in [2.05, 4.69) is 5.32 Å². The van der Waals surface area contributed by atoms with Gasteiger partial charge in [0.2, 0.25) is 0 Å². The smallest absolute Gasteiger partial charge is 0.255 e. The maximum Gasteiger partial charge on any atom is 0.255 e. The van der Waals surface area contributed by atoms with Gasteiger partial charge >= 0.3 is 0 Å². The van der Waals surface area contributed by atoms with Crippen molar-refractivity contribution in [2.45, 2.75) is 20.0 Å². The Kier molecular flexibility index (Phi) is 2.50. The van der Waals surface area contributed by atoms with Crippen molar-refractivity contribution >= 4 is 11.8 Å². The van der Waals surface area contributed by atoms with Gasteiger partial charge in [-0.25, -0.2) is 0 Å². The third-order valence-corrected chi connectivity index (χ3v) is 1.37. The fourth-order valence-corrected chi connectivity index (χ4v) is 0.728. The summed E-state index contributed by atoms with van der Waals surface area (Å²) in [6.07, 6.45) is -1.02. The van der Waals surface area contributed by atoms with Gasteiger partial charge in [0.15, 0.2) is 5.88 Å². The van der Waals surface area contributed by atoms with Crippen molar-refractivity contribution in [2.75, 3.05) is 5.32 Å². The molecule has 1 heterocycles. The predicted octanol–water partition coefficient (Wildman–Crippen LogP) is 0.907. The molecular formula is C8H11NO3. The molecule has 1 aromatic rings. The zero-order valence-electron chi connectivity index (χ0n) is 7.00. The first-order valence-corrected chi connectivity index (χ1v) is 3.65. The van der Waals surface area contributed by atoms with E-state index in [9.17, 15) is 4.79 Å². The molecule has 0 saturated heterocycles. The topological polar surface area (TPSA) is 62.5 Å². The number of carbonyl (C=O) groups is 1. The number of aliphatic hydroxyl groups excluding tert-OH is 1. The fraction of sp³-hybridized carbons (Fsp3) is 0.375. The van der Waals surface area contributed by atoms with Crippen LogP contribution in [0.4, 0.5) is 5.88 Å². The van der Waals surface area contributed by atoms with Crippen LogP contribution < -0.4 is 5.32 Å². The van der Waals surface area contributed by atoms with Crippen molar-refractivity contribution in [2.24, 2.45) is 0 Å². The van der Waals surface area contributed by atoms with Gasteiger partial charge in [0.05, 0.1) is 0 Å². The first kappa shape index (κ1) is 8.80. The number of nitrogens with one attached hydrogen (secondary N) is 1. The Bertz CT molecular complexity index is 278. The molecule has 12 heavy (non-hydrogen) atoms.